The van der Waals surface area contributed by atoms with Crippen molar-refractivity contribution in [1.29, 1.82) is 0 Å². The number of hydrogen-bond donors (Lipinski definition) is 1. The minimum Gasteiger partial charge on any atom is -0.319 e. The van der Waals surface area contributed by atoms with Crippen LogP contribution < -0.4 is 5.32 Å². The number of thioether (sulfide) groups is 1. The van der Waals surface area contributed by atoms with Gasteiger partial charge in [0.2, 0.25) is 0 Å². The maximum Gasteiger partial charge on any atom is 0.274 e. The Morgan fingerprint density at radius 3 is 2.82 bits per heavy atom. The molecule has 2 rings (SSSR count). The van der Waals surface area contributed by atoms with Gasteiger partial charge in [0, 0.05) is 17.5 Å². The van der Waals surface area contributed by atoms with Crippen molar-refractivity contribution in [2.75, 3.05) is 11.6 Å². The Balaban J connectivity index is 2.28. The standard InChI is InChI=1S/C15H13ClF2N2OS/c1-22-8-9-4-3-7-19-13(9)15(21)20-11-6-2-5-10(12(11)16)14(17)18/h2-7,14H,8H2,1H3,(H,20,21). The second kappa shape index (κ2) is 7.56. The fourth-order valence-electron chi connectivity index (χ4n) is 1.91. The molecule has 0 unspecified atom stereocenters. The fourth-order valence-corrected chi connectivity index (χ4v) is 2.71. The topological polar surface area (TPSA) is 42.0 Å². The van der Waals surface area contributed by atoms with E-state index >= 15 is 0 Å². The highest BCUT2D eigenvalue weighted by molar-refractivity contribution is 7.97. The molecule has 0 fully saturated rings. The highest BCUT2D eigenvalue weighted by Gasteiger charge is 2.18. The number of pyridine rings is 1. The van der Waals surface area contributed by atoms with Gasteiger partial charge in [0.05, 0.1) is 10.7 Å². The lowest BCUT2D eigenvalue weighted by Crippen LogP contribution is -2.16. The lowest BCUT2D eigenvalue weighted by Gasteiger charge is -2.11. The average molecular weight is 343 g/mol. The van der Waals surface area contributed by atoms with Crippen molar-refractivity contribution in [3.63, 3.8) is 0 Å². The van der Waals surface area contributed by atoms with Crippen LogP contribution in [-0.4, -0.2) is 17.1 Å². The van der Waals surface area contributed by atoms with E-state index in [1.165, 1.54) is 24.4 Å². The van der Waals surface area contributed by atoms with E-state index in [-0.39, 0.29) is 22.0 Å². The number of benzene rings is 1. The molecule has 7 heteroatoms. The van der Waals surface area contributed by atoms with Gasteiger partial charge in [-0.15, -0.1) is 0 Å². The second-order valence-electron chi connectivity index (χ2n) is 4.41. The summed E-state index contributed by atoms with van der Waals surface area (Å²) in [5.74, 6) is 0.152. The van der Waals surface area contributed by atoms with Gasteiger partial charge >= 0.3 is 0 Å². The van der Waals surface area contributed by atoms with Gasteiger partial charge in [-0.25, -0.2) is 8.78 Å². The van der Waals surface area contributed by atoms with E-state index in [1.807, 2.05) is 6.26 Å². The Hall–Kier alpha value is -1.66. The summed E-state index contributed by atoms with van der Waals surface area (Å²) in [6.07, 6.45) is 0.722. The monoisotopic (exact) mass is 342 g/mol. The third kappa shape index (κ3) is 3.75. The first kappa shape index (κ1) is 16.7. The summed E-state index contributed by atoms with van der Waals surface area (Å²) in [7, 11) is 0. The van der Waals surface area contributed by atoms with E-state index in [0.29, 0.717) is 5.75 Å². The maximum atomic E-state index is 12.8. The molecule has 1 aromatic carbocycles. The molecule has 0 bridgehead atoms. The molecule has 0 aliphatic rings. The molecule has 0 aliphatic carbocycles. The average Bonchev–Trinajstić information content (AvgIpc) is 2.50. The summed E-state index contributed by atoms with van der Waals surface area (Å²) in [6.45, 7) is 0. The Morgan fingerprint density at radius 2 is 2.14 bits per heavy atom. The maximum absolute atomic E-state index is 12.8. The summed E-state index contributed by atoms with van der Waals surface area (Å²) in [4.78, 5) is 16.4. The van der Waals surface area contributed by atoms with E-state index in [1.54, 1.807) is 23.9 Å². The van der Waals surface area contributed by atoms with Crippen molar-refractivity contribution >= 4 is 35.0 Å². The second-order valence-corrected chi connectivity index (χ2v) is 5.65. The van der Waals surface area contributed by atoms with Gasteiger partial charge in [0.1, 0.15) is 5.69 Å². The normalized spacial score (nSPS) is 10.8. The number of hydrogen-bond acceptors (Lipinski definition) is 3. The number of aromatic nitrogens is 1. The molecule has 1 amide bonds. The number of amides is 1. The van der Waals surface area contributed by atoms with Crippen molar-refractivity contribution in [3.8, 4) is 0 Å². The first-order chi connectivity index (χ1) is 10.5. The van der Waals surface area contributed by atoms with Crippen LogP contribution in [0.25, 0.3) is 0 Å². The fraction of sp³-hybridized carbons (Fsp3) is 0.200. The molecule has 22 heavy (non-hydrogen) atoms. The number of carbonyl (C=O) groups excluding carboxylic acids is 1. The molecule has 0 radical (unpaired) electrons. The molecule has 0 saturated carbocycles. The SMILES string of the molecule is CSCc1cccnc1C(=O)Nc1cccc(C(F)F)c1Cl. The quantitative estimate of drug-likeness (QED) is 0.849. The zero-order valence-electron chi connectivity index (χ0n) is 11.6. The van der Waals surface area contributed by atoms with Crippen LogP contribution in [0.2, 0.25) is 5.02 Å². The van der Waals surface area contributed by atoms with E-state index in [4.69, 9.17) is 11.6 Å². The lowest BCUT2D eigenvalue weighted by molar-refractivity contribution is 0.102. The molecule has 1 N–H and O–H groups in total. The van der Waals surface area contributed by atoms with E-state index in [2.05, 4.69) is 10.3 Å². The molecule has 2 aromatic rings. The van der Waals surface area contributed by atoms with E-state index in [9.17, 15) is 13.6 Å². The van der Waals surface area contributed by atoms with Crippen LogP contribution in [0.15, 0.2) is 36.5 Å². The van der Waals surface area contributed by atoms with E-state index < -0.39 is 12.3 Å². The third-order valence-electron chi connectivity index (χ3n) is 2.92. The van der Waals surface area contributed by atoms with Crippen LogP contribution in [0, 0.1) is 0 Å². The van der Waals surface area contributed by atoms with Crippen LogP contribution >= 0.6 is 23.4 Å². The number of rotatable bonds is 5. The largest absolute Gasteiger partial charge is 0.319 e. The van der Waals surface area contributed by atoms with Crippen molar-refractivity contribution in [3.05, 3.63) is 58.4 Å². The van der Waals surface area contributed by atoms with Gasteiger partial charge in [-0.1, -0.05) is 29.8 Å². The third-order valence-corrected chi connectivity index (χ3v) is 3.94. The molecule has 1 heterocycles. The number of nitrogens with one attached hydrogen (secondary N) is 1. The minimum atomic E-state index is -2.70. The van der Waals surface area contributed by atoms with Gasteiger partial charge in [-0.3, -0.25) is 9.78 Å². The summed E-state index contributed by atoms with van der Waals surface area (Å²) in [5.41, 5.74) is 0.860. The molecular weight excluding hydrogens is 330 g/mol. The molecule has 3 nitrogen and oxygen atoms in total. The Kier molecular flexibility index (Phi) is 5.74. The molecular formula is C15H13ClF2N2OS. The Labute approximate surface area is 136 Å². The first-order valence-electron chi connectivity index (χ1n) is 6.35. The predicted molar refractivity (Wildman–Crippen MR) is 85.8 cm³/mol. The Bertz CT molecular complexity index is 682. The number of alkyl halides is 2. The van der Waals surface area contributed by atoms with Gasteiger partial charge in [0.25, 0.3) is 12.3 Å². The van der Waals surface area contributed by atoms with Crippen molar-refractivity contribution in [2.24, 2.45) is 0 Å². The predicted octanol–water partition coefficient (Wildman–Crippen LogP) is 4.79. The van der Waals surface area contributed by atoms with Gasteiger partial charge in [-0.2, -0.15) is 11.8 Å². The summed E-state index contributed by atoms with van der Waals surface area (Å²) in [6, 6.07) is 7.67. The number of carbonyl (C=O) groups is 1. The van der Waals surface area contributed by atoms with Crippen LogP contribution in [0.5, 0.6) is 0 Å². The minimum absolute atomic E-state index is 0.144. The van der Waals surface area contributed by atoms with Gasteiger partial charge < -0.3 is 5.32 Å². The van der Waals surface area contributed by atoms with Crippen LogP contribution in [0.4, 0.5) is 14.5 Å². The lowest BCUT2D eigenvalue weighted by atomic mass is 10.1. The summed E-state index contributed by atoms with van der Waals surface area (Å²) < 4.78 is 25.6. The highest BCUT2D eigenvalue weighted by atomic mass is 35.5. The van der Waals surface area contributed by atoms with Gasteiger partial charge in [-0.05, 0) is 24.0 Å². The molecule has 0 atom stereocenters. The van der Waals surface area contributed by atoms with Crippen LogP contribution in [0.1, 0.15) is 28.0 Å². The van der Waals surface area contributed by atoms with Crippen molar-refractivity contribution in [1.82, 2.24) is 4.98 Å². The highest BCUT2D eigenvalue weighted by Crippen LogP contribution is 2.33. The van der Waals surface area contributed by atoms with E-state index in [0.717, 1.165) is 5.56 Å². The molecule has 1 aromatic heterocycles. The first-order valence-corrected chi connectivity index (χ1v) is 8.12. The summed E-state index contributed by atoms with van der Waals surface area (Å²) in [5, 5.41) is 2.39. The molecule has 116 valence electrons. The van der Waals surface area contributed by atoms with Crippen LogP contribution in [0.3, 0.4) is 0 Å². The molecule has 0 saturated heterocycles. The molecule has 0 aliphatic heterocycles. The summed E-state index contributed by atoms with van der Waals surface area (Å²) >= 11 is 7.47. The Morgan fingerprint density at radius 1 is 1.36 bits per heavy atom. The zero-order valence-corrected chi connectivity index (χ0v) is 13.2. The van der Waals surface area contributed by atoms with Gasteiger partial charge in [0.15, 0.2) is 0 Å². The number of halogens is 3. The van der Waals surface area contributed by atoms with Crippen molar-refractivity contribution in [2.45, 2.75) is 12.2 Å². The molecule has 0 spiro atoms. The van der Waals surface area contributed by atoms with Crippen molar-refractivity contribution < 1.29 is 13.6 Å². The number of anilines is 1. The zero-order chi connectivity index (χ0) is 16.1. The smallest absolute Gasteiger partial charge is 0.274 e. The van der Waals surface area contributed by atoms with Crippen LogP contribution in [-0.2, 0) is 5.75 Å². The number of nitrogens with zero attached hydrogens (tertiary/aromatic N) is 1.